The third kappa shape index (κ3) is 3.70. The third-order valence-corrected chi connectivity index (χ3v) is 11.0. The fraction of sp³-hybridized carbons (Fsp3) is 0.700. The van der Waals surface area contributed by atoms with E-state index in [1.165, 1.54) is 6.33 Å². The highest BCUT2D eigenvalue weighted by Crippen LogP contribution is 2.43. The number of nitrogens with zero attached hydrogens (tertiary/aromatic N) is 3. The number of rotatable bonds is 4. The molecule has 29 heavy (non-hydrogen) atoms. The Labute approximate surface area is 173 Å². The minimum atomic E-state index is -1.86. The molecular weight excluding hydrogens is 386 g/mol. The smallest absolute Gasteiger partial charge is 0.207 e. The van der Waals surface area contributed by atoms with Crippen molar-refractivity contribution in [2.75, 3.05) is 12.3 Å². The molecule has 2 fully saturated rings. The molecule has 2 saturated heterocycles. The van der Waals surface area contributed by atoms with E-state index in [1.54, 1.807) is 4.40 Å². The van der Waals surface area contributed by atoms with Crippen molar-refractivity contribution in [2.45, 2.75) is 82.8 Å². The highest BCUT2D eigenvalue weighted by Gasteiger charge is 2.55. The van der Waals surface area contributed by atoms with Gasteiger partial charge in [0.1, 0.15) is 24.2 Å². The summed E-state index contributed by atoms with van der Waals surface area (Å²) in [5, 5.41) is 3.86. The van der Waals surface area contributed by atoms with E-state index in [0.717, 1.165) is 11.2 Å². The van der Waals surface area contributed by atoms with Crippen LogP contribution in [0.25, 0.3) is 5.65 Å². The monoisotopic (exact) mass is 419 g/mol. The highest BCUT2D eigenvalue weighted by atomic mass is 28.4. The minimum Gasteiger partial charge on any atom is -0.415 e. The third-order valence-electron chi connectivity index (χ3n) is 6.52. The lowest BCUT2D eigenvalue weighted by Gasteiger charge is -2.37. The van der Waals surface area contributed by atoms with Crippen LogP contribution in [0.15, 0.2) is 18.6 Å². The van der Waals surface area contributed by atoms with Gasteiger partial charge in [-0.3, -0.25) is 4.40 Å². The molecule has 4 atom stereocenters. The summed E-state index contributed by atoms with van der Waals surface area (Å²) in [5.74, 6) is -0.208. The van der Waals surface area contributed by atoms with Gasteiger partial charge in [0.2, 0.25) is 5.95 Å². The molecule has 0 spiro atoms. The Morgan fingerprint density at radius 2 is 1.93 bits per heavy atom. The maximum Gasteiger partial charge on any atom is 0.207 e. The van der Waals surface area contributed by atoms with E-state index < -0.39 is 14.1 Å². The predicted molar refractivity (Wildman–Crippen MR) is 114 cm³/mol. The summed E-state index contributed by atoms with van der Waals surface area (Å²) in [7, 11) is -1.86. The molecule has 2 aromatic rings. The quantitative estimate of drug-likeness (QED) is 0.736. The molecule has 9 heteroatoms. The van der Waals surface area contributed by atoms with Crippen molar-refractivity contribution in [3.8, 4) is 0 Å². The zero-order valence-corrected chi connectivity index (χ0v) is 19.4. The number of nitrogen functional groups attached to an aromatic ring is 1. The Kier molecular flexibility index (Phi) is 4.82. The minimum absolute atomic E-state index is 0.0316. The molecule has 4 heterocycles. The van der Waals surface area contributed by atoms with Gasteiger partial charge in [-0.25, -0.2) is 9.97 Å². The van der Waals surface area contributed by atoms with Gasteiger partial charge in [0.25, 0.3) is 0 Å². The number of hydrogen-bond donors (Lipinski definition) is 2. The van der Waals surface area contributed by atoms with Gasteiger partial charge in [0.15, 0.2) is 14.1 Å². The van der Waals surface area contributed by atoms with Crippen LogP contribution in [-0.2, 0) is 13.9 Å². The van der Waals surface area contributed by atoms with E-state index in [4.69, 9.17) is 19.6 Å². The molecule has 0 aromatic carbocycles. The van der Waals surface area contributed by atoms with Crippen molar-refractivity contribution in [3.05, 3.63) is 24.2 Å². The Hall–Kier alpha value is -1.52. The molecule has 0 bridgehead atoms. The van der Waals surface area contributed by atoms with Crippen LogP contribution in [0.5, 0.6) is 0 Å². The van der Waals surface area contributed by atoms with Crippen molar-refractivity contribution in [1.29, 1.82) is 0 Å². The second-order valence-electron chi connectivity index (χ2n) is 10.1. The number of nitrogens with one attached hydrogen (secondary N) is 1. The molecule has 2 aliphatic rings. The lowest BCUT2D eigenvalue weighted by Crippen LogP contribution is -2.47. The first kappa shape index (κ1) is 20.7. The van der Waals surface area contributed by atoms with E-state index in [0.29, 0.717) is 12.6 Å². The maximum absolute atomic E-state index is 6.51. The van der Waals surface area contributed by atoms with Crippen LogP contribution in [0, 0.1) is 0 Å². The van der Waals surface area contributed by atoms with Crippen LogP contribution < -0.4 is 11.1 Å². The Morgan fingerprint density at radius 3 is 2.59 bits per heavy atom. The number of aromatic nitrogens is 3. The first-order valence-corrected chi connectivity index (χ1v) is 13.1. The summed E-state index contributed by atoms with van der Waals surface area (Å²) < 4.78 is 20.9. The van der Waals surface area contributed by atoms with Crippen LogP contribution in [0.3, 0.4) is 0 Å². The molecule has 2 aromatic heterocycles. The molecule has 0 amide bonds. The Bertz CT molecular complexity index is 907. The van der Waals surface area contributed by atoms with Gasteiger partial charge >= 0.3 is 0 Å². The van der Waals surface area contributed by atoms with Crippen molar-refractivity contribution < 1.29 is 13.9 Å². The molecule has 3 N–H and O–H groups in total. The van der Waals surface area contributed by atoms with E-state index in [2.05, 4.69) is 49.1 Å². The van der Waals surface area contributed by atoms with Crippen LogP contribution >= 0.6 is 0 Å². The summed E-state index contributed by atoms with van der Waals surface area (Å²) >= 11 is 0. The van der Waals surface area contributed by atoms with Gasteiger partial charge in [-0.15, -0.1) is 0 Å². The number of nitrogens with two attached hydrogens (primary N) is 1. The van der Waals surface area contributed by atoms with Crippen molar-refractivity contribution >= 4 is 19.9 Å². The standard InChI is InChI=1S/C20H33N5O3Si/c1-19(2,3)29(6,7)26-10-13-16-17(28-20(4,5)27-16)15(24-13)12-8-14-22-11-23-18(21)25(14)9-12/h8-9,11,13,15-17,24H,10H2,1-7H3,(H2,21,22,23)/t13-,15?,16-,17+/m1/s1. The van der Waals surface area contributed by atoms with Gasteiger partial charge in [-0.05, 0) is 43.6 Å². The molecule has 1 unspecified atom stereocenters. The SMILES string of the molecule is CC1(C)O[C@@H]2[C@@H](CO[Si](C)(C)C(C)(C)C)NC(c3cc4ncnc(N)n4c3)[C@@H]2O1. The fourth-order valence-corrected chi connectivity index (χ4v) is 4.91. The van der Waals surface area contributed by atoms with Crippen molar-refractivity contribution in [2.24, 2.45) is 0 Å². The Balaban J connectivity index is 1.60. The summed E-state index contributed by atoms with van der Waals surface area (Å²) in [6.45, 7) is 15.8. The normalized spacial score (nSPS) is 29.5. The molecule has 2 aliphatic heterocycles. The number of ether oxygens (including phenoxy) is 2. The van der Waals surface area contributed by atoms with Crippen LogP contribution in [-0.4, -0.2) is 53.3 Å². The largest absolute Gasteiger partial charge is 0.415 e. The summed E-state index contributed by atoms with van der Waals surface area (Å²) in [6.07, 6.45) is 3.27. The van der Waals surface area contributed by atoms with E-state index in [1.807, 2.05) is 26.1 Å². The number of hydrogen-bond acceptors (Lipinski definition) is 7. The van der Waals surface area contributed by atoms with Gasteiger partial charge in [-0.2, -0.15) is 0 Å². The topological polar surface area (TPSA) is 95.9 Å². The molecule has 8 nitrogen and oxygen atoms in total. The average molecular weight is 420 g/mol. The molecule has 0 radical (unpaired) electrons. The summed E-state index contributed by atoms with van der Waals surface area (Å²) in [6, 6.07) is 2.04. The van der Waals surface area contributed by atoms with Crippen LogP contribution in [0.1, 0.15) is 46.2 Å². The average Bonchev–Trinajstić information content (AvgIpc) is 3.23. The first-order valence-electron chi connectivity index (χ1n) is 10.2. The zero-order valence-electron chi connectivity index (χ0n) is 18.4. The number of fused-ring (bicyclic) bond motifs is 2. The lowest BCUT2D eigenvalue weighted by molar-refractivity contribution is -0.157. The number of anilines is 1. The van der Waals surface area contributed by atoms with Gasteiger partial charge < -0.3 is 25.0 Å². The lowest BCUT2D eigenvalue weighted by atomic mass is 10.0. The highest BCUT2D eigenvalue weighted by molar-refractivity contribution is 6.74. The molecule has 160 valence electrons. The predicted octanol–water partition coefficient (Wildman–Crippen LogP) is 2.87. The van der Waals surface area contributed by atoms with Gasteiger partial charge in [-0.1, -0.05) is 20.8 Å². The molecule has 4 rings (SSSR count). The molecule has 0 saturated carbocycles. The van der Waals surface area contributed by atoms with E-state index >= 15 is 0 Å². The van der Waals surface area contributed by atoms with E-state index in [9.17, 15) is 0 Å². The summed E-state index contributed by atoms with van der Waals surface area (Å²) in [4.78, 5) is 8.38. The maximum atomic E-state index is 6.51. The van der Waals surface area contributed by atoms with Crippen LogP contribution in [0.4, 0.5) is 5.95 Å². The molecule has 0 aliphatic carbocycles. The second-order valence-corrected chi connectivity index (χ2v) is 14.9. The molecular formula is C20H33N5O3Si. The van der Waals surface area contributed by atoms with Gasteiger partial charge in [0, 0.05) is 6.20 Å². The summed E-state index contributed by atoms with van der Waals surface area (Å²) in [5.41, 5.74) is 7.83. The van der Waals surface area contributed by atoms with Crippen molar-refractivity contribution in [1.82, 2.24) is 19.7 Å². The Morgan fingerprint density at radius 1 is 1.24 bits per heavy atom. The van der Waals surface area contributed by atoms with E-state index in [-0.39, 0.29) is 29.3 Å². The van der Waals surface area contributed by atoms with Crippen molar-refractivity contribution in [3.63, 3.8) is 0 Å². The fourth-order valence-electron chi connectivity index (χ4n) is 3.88. The zero-order chi connectivity index (χ0) is 21.2. The van der Waals surface area contributed by atoms with Crippen LogP contribution in [0.2, 0.25) is 18.1 Å². The first-order chi connectivity index (χ1) is 13.4. The second kappa shape index (κ2) is 6.74. The van der Waals surface area contributed by atoms with Gasteiger partial charge in [0.05, 0.1) is 18.7 Å².